The fourth-order valence-corrected chi connectivity index (χ4v) is 6.42. The Morgan fingerprint density at radius 2 is 1.97 bits per heavy atom. The summed E-state index contributed by atoms with van der Waals surface area (Å²) in [5.41, 5.74) is 2.68. The van der Waals surface area contributed by atoms with Gasteiger partial charge in [0.2, 0.25) is 5.75 Å². The van der Waals surface area contributed by atoms with Gasteiger partial charge in [0.15, 0.2) is 5.88 Å². The molecule has 2 aliphatic heterocycles. The van der Waals surface area contributed by atoms with Gasteiger partial charge in [-0.3, -0.25) is 4.48 Å². The summed E-state index contributed by atoms with van der Waals surface area (Å²) in [6, 6.07) is 12.0. The van der Waals surface area contributed by atoms with Crippen molar-refractivity contribution in [2.45, 2.75) is 44.8 Å². The molecule has 0 amide bonds. The molecule has 4 rings (SSSR count). The second kappa shape index (κ2) is 10.7. The first-order valence-corrected chi connectivity index (χ1v) is 13.7. The minimum Gasteiger partial charge on any atom is -0.744 e. The number of fused-ring (bicyclic) bond motifs is 1. The van der Waals surface area contributed by atoms with E-state index >= 15 is 0 Å². The van der Waals surface area contributed by atoms with Crippen LogP contribution in [0, 0.1) is 0 Å². The Labute approximate surface area is 202 Å². The van der Waals surface area contributed by atoms with Crippen LogP contribution in [-0.4, -0.2) is 74.7 Å². The fourth-order valence-electron chi connectivity index (χ4n) is 5.43. The van der Waals surface area contributed by atoms with Crippen LogP contribution in [0.15, 0.2) is 42.6 Å². The highest BCUT2D eigenvalue weighted by molar-refractivity contribution is 7.85. The zero-order valence-electron chi connectivity index (χ0n) is 20.1. The smallest absolute Gasteiger partial charge is 0.271 e. The lowest BCUT2D eigenvalue weighted by Crippen LogP contribution is -2.60. The van der Waals surface area contributed by atoms with Crippen molar-refractivity contribution >= 4 is 15.9 Å². The summed E-state index contributed by atoms with van der Waals surface area (Å²) in [6.45, 7) is 5.66. The molecule has 2 unspecified atom stereocenters. The predicted octanol–water partition coefficient (Wildman–Crippen LogP) is 3.09. The molecule has 8 nitrogen and oxygen atoms in total. The molecule has 0 spiro atoms. The van der Waals surface area contributed by atoms with Gasteiger partial charge in [-0.05, 0) is 43.0 Å². The fraction of sp³-hybridized carbons (Fsp3) is 0.560. The number of rotatable bonds is 9. The Balaban J connectivity index is 1.44. The van der Waals surface area contributed by atoms with Gasteiger partial charge in [-0.1, -0.05) is 24.3 Å². The van der Waals surface area contributed by atoms with E-state index in [4.69, 9.17) is 9.47 Å². The highest BCUT2D eigenvalue weighted by Gasteiger charge is 2.42. The molecule has 0 N–H and O–H groups in total. The molecule has 1 aromatic carbocycles. The first kappa shape index (κ1) is 25.1. The molecule has 0 saturated carbocycles. The zero-order valence-corrected chi connectivity index (χ0v) is 20.9. The van der Waals surface area contributed by atoms with Crippen LogP contribution in [0.1, 0.15) is 43.4 Å². The first-order valence-electron chi connectivity index (χ1n) is 12.1. The highest BCUT2D eigenvalue weighted by Crippen LogP contribution is 2.36. The Morgan fingerprint density at radius 3 is 2.71 bits per heavy atom. The van der Waals surface area contributed by atoms with Crippen LogP contribution in [0.5, 0.6) is 5.75 Å². The molecule has 1 aromatic heterocycles. The van der Waals surface area contributed by atoms with Crippen molar-refractivity contribution < 1.29 is 22.4 Å². The largest absolute Gasteiger partial charge is 0.744 e. The summed E-state index contributed by atoms with van der Waals surface area (Å²) in [5.74, 6) is 0.502. The molecule has 186 valence electrons. The Morgan fingerprint density at radius 1 is 1.21 bits per heavy atom. The van der Waals surface area contributed by atoms with E-state index in [0.29, 0.717) is 18.2 Å². The van der Waals surface area contributed by atoms with Crippen LogP contribution in [0.3, 0.4) is 0 Å². The summed E-state index contributed by atoms with van der Waals surface area (Å²) in [4.78, 5) is 6.89. The van der Waals surface area contributed by atoms with Gasteiger partial charge >= 0.3 is 0 Å². The van der Waals surface area contributed by atoms with Crippen molar-refractivity contribution in [1.29, 1.82) is 0 Å². The second-order valence-electron chi connectivity index (χ2n) is 9.38. The molecule has 9 heteroatoms. The first-order chi connectivity index (χ1) is 16.3. The molecule has 34 heavy (non-hydrogen) atoms. The van der Waals surface area contributed by atoms with Crippen molar-refractivity contribution in [1.82, 2.24) is 14.4 Å². The number of pyridine rings is 1. The van der Waals surface area contributed by atoms with Gasteiger partial charge in [-0.15, -0.1) is 0 Å². The third-order valence-corrected chi connectivity index (χ3v) is 7.98. The van der Waals surface area contributed by atoms with E-state index in [0.717, 1.165) is 51.9 Å². The summed E-state index contributed by atoms with van der Waals surface area (Å²) in [5, 5.41) is 0. The molecule has 1 saturated heterocycles. The van der Waals surface area contributed by atoms with E-state index in [9.17, 15) is 13.0 Å². The van der Waals surface area contributed by atoms with Gasteiger partial charge in [0, 0.05) is 38.7 Å². The third kappa shape index (κ3) is 5.78. The number of likely N-dealkylation sites (tertiary alicyclic amines) is 1. The number of ether oxygens (including phenoxy) is 2. The standard InChI is InChI=1S/C25H35N3O5S/c1-3-32-24-9-6-14-26-25(24)28(2,19-34(29,30)31)21-10-15-27(16-11-21)17-12-23-22-8-5-4-7-20(22)13-18-33-23/h4-9,14,21,23H,3,10-13,15-19H2,1-2H3. The van der Waals surface area contributed by atoms with E-state index in [-0.39, 0.29) is 16.6 Å². The molecule has 3 heterocycles. The van der Waals surface area contributed by atoms with Crippen LogP contribution in [-0.2, 0) is 21.3 Å². The van der Waals surface area contributed by atoms with E-state index < -0.39 is 16.0 Å². The van der Waals surface area contributed by atoms with Gasteiger partial charge < -0.3 is 18.9 Å². The van der Waals surface area contributed by atoms with E-state index in [1.807, 2.05) is 6.92 Å². The summed E-state index contributed by atoms with van der Waals surface area (Å²) < 4.78 is 47.5. The van der Waals surface area contributed by atoms with E-state index in [2.05, 4.69) is 34.1 Å². The molecule has 0 radical (unpaired) electrons. The average molecular weight is 490 g/mol. The lowest BCUT2D eigenvalue weighted by atomic mass is 9.95. The number of nitrogens with zero attached hydrogens (tertiary/aromatic N) is 3. The van der Waals surface area contributed by atoms with Gasteiger partial charge in [0.1, 0.15) is 10.1 Å². The monoisotopic (exact) mass is 489 g/mol. The Kier molecular flexibility index (Phi) is 7.89. The Bertz CT molecular complexity index is 1070. The number of aromatic nitrogens is 1. The maximum absolute atomic E-state index is 11.9. The maximum Gasteiger partial charge on any atom is 0.271 e. The van der Waals surface area contributed by atoms with Crippen LogP contribution in [0.2, 0.25) is 0 Å². The molecule has 1 fully saturated rings. The second-order valence-corrected chi connectivity index (χ2v) is 10.8. The molecule has 2 aromatic rings. The summed E-state index contributed by atoms with van der Waals surface area (Å²) in [7, 11) is -2.68. The van der Waals surface area contributed by atoms with Gasteiger partial charge in [-0.25, -0.2) is 13.4 Å². The lowest BCUT2D eigenvalue weighted by Gasteiger charge is -2.44. The van der Waals surface area contributed by atoms with Crippen LogP contribution in [0.4, 0.5) is 5.82 Å². The van der Waals surface area contributed by atoms with Crippen LogP contribution >= 0.6 is 0 Å². The highest BCUT2D eigenvalue weighted by atomic mass is 32.2. The number of quaternary nitrogens is 1. The SMILES string of the molecule is CCOc1cccnc1[N+](C)(CS(=O)(=O)[O-])C1CCN(CCC2OCCc3ccccc32)CC1. The van der Waals surface area contributed by atoms with Gasteiger partial charge in [0.05, 0.1) is 32.4 Å². The molecule has 0 aliphatic carbocycles. The third-order valence-electron chi connectivity index (χ3n) is 7.12. The minimum absolute atomic E-state index is 0.0410. The predicted molar refractivity (Wildman–Crippen MR) is 131 cm³/mol. The van der Waals surface area contributed by atoms with Crippen LogP contribution < -0.4 is 9.22 Å². The zero-order chi connectivity index (χ0) is 24.2. The Hall–Kier alpha value is -2.04. The van der Waals surface area contributed by atoms with Crippen LogP contribution in [0.25, 0.3) is 0 Å². The number of hydrogen-bond acceptors (Lipinski definition) is 7. The summed E-state index contributed by atoms with van der Waals surface area (Å²) in [6.07, 6.45) is 5.19. The topological polar surface area (TPSA) is 91.8 Å². The lowest BCUT2D eigenvalue weighted by molar-refractivity contribution is 0.0256. The van der Waals surface area contributed by atoms with Crippen molar-refractivity contribution in [3.63, 3.8) is 0 Å². The molecular weight excluding hydrogens is 454 g/mol. The van der Waals surface area contributed by atoms with E-state index in [1.54, 1.807) is 25.4 Å². The van der Waals surface area contributed by atoms with Gasteiger partial charge in [0.25, 0.3) is 5.82 Å². The van der Waals surface area contributed by atoms with Crippen molar-refractivity contribution in [2.24, 2.45) is 0 Å². The number of piperidine rings is 1. The minimum atomic E-state index is -4.48. The van der Waals surface area contributed by atoms with Crippen molar-refractivity contribution in [2.75, 3.05) is 45.8 Å². The average Bonchev–Trinajstić information content (AvgIpc) is 2.82. The van der Waals surface area contributed by atoms with Crippen molar-refractivity contribution in [3.05, 3.63) is 53.7 Å². The van der Waals surface area contributed by atoms with Crippen molar-refractivity contribution in [3.8, 4) is 5.75 Å². The summed E-state index contributed by atoms with van der Waals surface area (Å²) >= 11 is 0. The maximum atomic E-state index is 11.9. The number of benzene rings is 1. The molecule has 2 atom stereocenters. The quantitative estimate of drug-likeness (QED) is 0.395. The van der Waals surface area contributed by atoms with Gasteiger partial charge in [-0.2, -0.15) is 0 Å². The number of hydrogen-bond donors (Lipinski definition) is 0. The molecule has 2 aliphatic rings. The molecule has 0 bridgehead atoms. The normalized spacial score (nSPS) is 21.6. The van der Waals surface area contributed by atoms with E-state index in [1.165, 1.54) is 11.1 Å². The molecular formula is C25H35N3O5S.